The maximum absolute atomic E-state index is 14.7. The molecule has 4 heterocycles. The van der Waals surface area contributed by atoms with Crippen molar-refractivity contribution in [2.24, 2.45) is 10.4 Å². The van der Waals surface area contributed by atoms with Gasteiger partial charge in [-0.2, -0.15) is 0 Å². The number of aliphatic carboxylic acids is 1. The molecule has 5 rings (SSSR count). The Kier molecular flexibility index (Phi) is 8.44. The molecule has 0 aliphatic carbocycles. The lowest BCUT2D eigenvalue weighted by atomic mass is 9.92. The molecular weight excluding hydrogens is 565 g/mol. The third-order valence-electron chi connectivity index (χ3n) is 7.84. The van der Waals surface area contributed by atoms with Crippen LogP contribution in [0.5, 0.6) is 0 Å². The van der Waals surface area contributed by atoms with Gasteiger partial charge < -0.3 is 24.8 Å². The lowest BCUT2D eigenvalue weighted by molar-refractivity contribution is -0.150. The summed E-state index contributed by atoms with van der Waals surface area (Å²) in [6.07, 6.45) is 0.896. The van der Waals surface area contributed by atoms with E-state index >= 15 is 0 Å². The van der Waals surface area contributed by atoms with Crippen LogP contribution in [0, 0.1) is 18.2 Å². The van der Waals surface area contributed by atoms with E-state index in [2.05, 4.69) is 15.2 Å². The van der Waals surface area contributed by atoms with Crippen molar-refractivity contribution in [1.29, 1.82) is 0 Å². The van der Waals surface area contributed by atoms with Gasteiger partial charge in [0, 0.05) is 43.5 Å². The standard InChI is InChI=1S/C29H34FN5O6S/c1-5-40-27(37)21-19(13-34-10-11-41-23-20(34)14-35(26(23)36)15-29(3,4)28(38)39)32-24(25-31-9-12-42-25)33-22(21)17-7-6-8-18(30)16(17)2/h6-9,12,20,22-23H,5,10-11,13-15H2,1-4H3,(H,32,33)(H,38,39). The van der Waals surface area contributed by atoms with E-state index in [9.17, 15) is 23.9 Å². The molecule has 0 spiro atoms. The lowest BCUT2D eigenvalue weighted by Crippen LogP contribution is -2.53. The van der Waals surface area contributed by atoms with E-state index in [4.69, 9.17) is 14.5 Å². The fourth-order valence-corrected chi connectivity index (χ4v) is 6.15. The molecule has 2 aromatic rings. The van der Waals surface area contributed by atoms with E-state index in [1.54, 1.807) is 46.0 Å². The van der Waals surface area contributed by atoms with Crippen LogP contribution in [0.15, 0.2) is 46.0 Å². The molecule has 13 heteroatoms. The van der Waals surface area contributed by atoms with Crippen LogP contribution in [0.25, 0.3) is 0 Å². The van der Waals surface area contributed by atoms with Crippen molar-refractivity contribution in [3.63, 3.8) is 0 Å². The molecule has 2 fully saturated rings. The van der Waals surface area contributed by atoms with Crippen LogP contribution in [-0.2, 0) is 23.9 Å². The molecule has 2 saturated heterocycles. The van der Waals surface area contributed by atoms with Gasteiger partial charge in [-0.3, -0.25) is 19.5 Å². The molecule has 0 saturated carbocycles. The molecule has 3 atom stereocenters. The zero-order valence-electron chi connectivity index (χ0n) is 23.9. The van der Waals surface area contributed by atoms with Crippen LogP contribution >= 0.6 is 11.3 Å². The minimum atomic E-state index is -1.13. The number of likely N-dealkylation sites (tertiary alicyclic amines) is 1. The number of aromatic nitrogens is 1. The second kappa shape index (κ2) is 11.9. The first kappa shape index (κ1) is 29.8. The Morgan fingerprint density at radius 1 is 1.33 bits per heavy atom. The van der Waals surface area contributed by atoms with Gasteiger partial charge in [-0.25, -0.2) is 14.2 Å². The molecule has 2 N–H and O–H groups in total. The second-order valence-corrected chi connectivity index (χ2v) is 12.0. The van der Waals surface area contributed by atoms with Gasteiger partial charge in [0.05, 0.1) is 30.2 Å². The summed E-state index contributed by atoms with van der Waals surface area (Å²) >= 11 is 1.38. The van der Waals surface area contributed by atoms with Crippen molar-refractivity contribution >= 4 is 35.0 Å². The number of carbonyl (C=O) groups excluding carboxylic acids is 2. The minimum Gasteiger partial charge on any atom is -0.481 e. The van der Waals surface area contributed by atoms with E-state index in [1.165, 1.54) is 22.3 Å². The maximum Gasteiger partial charge on any atom is 0.338 e. The molecule has 224 valence electrons. The number of amidine groups is 1. The zero-order valence-corrected chi connectivity index (χ0v) is 24.7. The summed E-state index contributed by atoms with van der Waals surface area (Å²) in [4.78, 5) is 51.4. The molecule has 1 amide bonds. The van der Waals surface area contributed by atoms with E-state index in [1.807, 2.05) is 5.38 Å². The molecule has 0 radical (unpaired) electrons. The molecule has 3 aliphatic heterocycles. The highest BCUT2D eigenvalue weighted by Gasteiger charge is 2.49. The Morgan fingerprint density at radius 3 is 2.81 bits per heavy atom. The maximum atomic E-state index is 14.7. The van der Waals surface area contributed by atoms with Crippen LogP contribution in [0.3, 0.4) is 0 Å². The molecule has 3 aliphatic rings. The summed E-state index contributed by atoms with van der Waals surface area (Å²) in [5.74, 6) is -1.79. The fourth-order valence-electron chi connectivity index (χ4n) is 5.56. The molecule has 1 aromatic carbocycles. The number of thiazole rings is 1. The van der Waals surface area contributed by atoms with Crippen LogP contribution < -0.4 is 5.32 Å². The normalized spacial score (nSPS) is 23.0. The summed E-state index contributed by atoms with van der Waals surface area (Å²) < 4.78 is 26.1. The summed E-state index contributed by atoms with van der Waals surface area (Å²) in [7, 11) is 0. The topological polar surface area (TPSA) is 134 Å². The summed E-state index contributed by atoms with van der Waals surface area (Å²) in [6, 6.07) is 3.47. The predicted octanol–water partition coefficient (Wildman–Crippen LogP) is 2.52. The molecule has 3 unspecified atom stereocenters. The molecule has 11 nitrogen and oxygen atoms in total. The molecule has 42 heavy (non-hydrogen) atoms. The molecular formula is C29H34FN5O6S. The van der Waals surface area contributed by atoms with Gasteiger partial charge in [-0.05, 0) is 44.9 Å². The number of esters is 1. The van der Waals surface area contributed by atoms with Crippen molar-refractivity contribution in [3.8, 4) is 0 Å². The fraction of sp³-hybridized carbons (Fsp3) is 0.483. The number of ether oxygens (including phenoxy) is 2. The van der Waals surface area contributed by atoms with E-state index in [0.717, 1.165) is 0 Å². The average Bonchev–Trinajstić information content (AvgIpc) is 3.59. The van der Waals surface area contributed by atoms with Gasteiger partial charge in [-0.1, -0.05) is 12.1 Å². The number of fused-ring (bicyclic) bond motifs is 1. The monoisotopic (exact) mass is 599 g/mol. The Balaban J connectivity index is 1.53. The second-order valence-electron chi connectivity index (χ2n) is 11.1. The summed E-state index contributed by atoms with van der Waals surface area (Å²) in [5, 5.41) is 15.3. The number of nitrogens with one attached hydrogen (secondary N) is 1. The Labute approximate surface area is 247 Å². The zero-order chi connectivity index (χ0) is 30.2. The Bertz CT molecular complexity index is 1440. The quantitative estimate of drug-likeness (QED) is 0.417. The predicted molar refractivity (Wildman–Crippen MR) is 152 cm³/mol. The van der Waals surface area contributed by atoms with Crippen molar-refractivity contribution in [3.05, 3.63) is 63.0 Å². The molecule has 0 bridgehead atoms. The van der Waals surface area contributed by atoms with Crippen LogP contribution in [0.4, 0.5) is 4.39 Å². The number of carboxylic acid groups (broad SMARTS) is 1. The number of benzene rings is 1. The minimum absolute atomic E-state index is 0.0438. The number of hydrogen-bond acceptors (Lipinski definition) is 10. The van der Waals surface area contributed by atoms with Gasteiger partial charge in [0.25, 0.3) is 5.91 Å². The SMILES string of the molecule is CCOC(=O)C1=C(CN2CCOC3C(=O)N(CC(C)(C)C(=O)O)CC32)NC(c2nccs2)=NC1c1cccc(F)c1C. The first-order valence-corrected chi connectivity index (χ1v) is 14.7. The number of carbonyl (C=O) groups is 3. The third-order valence-corrected chi connectivity index (χ3v) is 8.62. The van der Waals surface area contributed by atoms with Crippen LogP contribution in [-0.4, -0.2) is 95.1 Å². The van der Waals surface area contributed by atoms with Crippen molar-refractivity contribution in [1.82, 2.24) is 20.1 Å². The highest BCUT2D eigenvalue weighted by atomic mass is 32.1. The van der Waals surface area contributed by atoms with Gasteiger partial charge in [-0.15, -0.1) is 11.3 Å². The summed E-state index contributed by atoms with van der Waals surface area (Å²) in [5.41, 5.74) is 0.538. The number of hydrogen-bond donors (Lipinski definition) is 2. The number of nitrogens with zero attached hydrogens (tertiary/aromatic N) is 4. The van der Waals surface area contributed by atoms with Crippen LogP contribution in [0.2, 0.25) is 0 Å². The van der Waals surface area contributed by atoms with Crippen molar-refractivity contribution < 1.29 is 33.4 Å². The van der Waals surface area contributed by atoms with E-state index < -0.39 is 35.3 Å². The van der Waals surface area contributed by atoms with Gasteiger partial charge in [0.1, 0.15) is 11.9 Å². The van der Waals surface area contributed by atoms with Crippen molar-refractivity contribution in [2.45, 2.75) is 45.9 Å². The highest BCUT2D eigenvalue weighted by molar-refractivity contribution is 7.11. The number of morpholine rings is 1. The number of amides is 1. The third kappa shape index (κ3) is 5.68. The first-order valence-electron chi connectivity index (χ1n) is 13.8. The van der Waals surface area contributed by atoms with E-state index in [-0.39, 0.29) is 50.4 Å². The van der Waals surface area contributed by atoms with Gasteiger partial charge in [0.2, 0.25) is 0 Å². The van der Waals surface area contributed by atoms with Gasteiger partial charge in [0.15, 0.2) is 16.9 Å². The van der Waals surface area contributed by atoms with Gasteiger partial charge >= 0.3 is 11.9 Å². The number of halogens is 1. The molecule has 1 aromatic heterocycles. The highest BCUT2D eigenvalue weighted by Crippen LogP contribution is 2.36. The largest absolute Gasteiger partial charge is 0.481 e. The smallest absolute Gasteiger partial charge is 0.338 e. The van der Waals surface area contributed by atoms with Crippen LogP contribution in [0.1, 0.15) is 42.9 Å². The van der Waals surface area contributed by atoms with E-state index in [0.29, 0.717) is 34.2 Å². The van der Waals surface area contributed by atoms with Crippen molar-refractivity contribution in [2.75, 3.05) is 39.4 Å². The Morgan fingerprint density at radius 2 is 2.12 bits per heavy atom. The number of rotatable bonds is 9. The first-order chi connectivity index (χ1) is 20.0. The average molecular weight is 600 g/mol. The number of aliphatic imine (C=N–C) groups is 1. The Hall–Kier alpha value is -3.68. The summed E-state index contributed by atoms with van der Waals surface area (Å²) in [6.45, 7) is 7.96. The lowest BCUT2D eigenvalue weighted by Gasteiger charge is -2.38. The number of carboxylic acids is 1.